The molecule has 2 rings (SSSR count). The Morgan fingerprint density at radius 3 is 2.29 bits per heavy atom. The van der Waals surface area contributed by atoms with E-state index in [0.29, 0.717) is 36.2 Å². The highest BCUT2D eigenvalue weighted by molar-refractivity contribution is 7.89. The van der Waals surface area contributed by atoms with Crippen LogP contribution in [0.25, 0.3) is 0 Å². The lowest BCUT2D eigenvalue weighted by Crippen LogP contribution is -2.44. The van der Waals surface area contributed by atoms with E-state index in [0.717, 1.165) is 12.8 Å². The molecule has 0 atom stereocenters. The maximum Gasteiger partial charge on any atom is 0.246 e. The standard InChI is InChI=1S/C14H23ClN2O3S/c1-10-13(9-15)14(11(2)20-10)21(18,19)17-7-5-12(6-8-17)16(3)4/h12H,5-9H2,1-4H3. The van der Waals surface area contributed by atoms with Crippen molar-refractivity contribution in [2.75, 3.05) is 27.2 Å². The van der Waals surface area contributed by atoms with Crippen LogP contribution in [0.5, 0.6) is 0 Å². The van der Waals surface area contributed by atoms with Crippen LogP contribution in [0.15, 0.2) is 9.31 Å². The largest absolute Gasteiger partial charge is 0.465 e. The maximum absolute atomic E-state index is 12.9. The minimum absolute atomic E-state index is 0.145. The van der Waals surface area contributed by atoms with E-state index in [1.54, 1.807) is 18.2 Å². The third-order valence-electron chi connectivity index (χ3n) is 4.21. The molecule has 0 bridgehead atoms. The summed E-state index contributed by atoms with van der Waals surface area (Å²) in [5, 5.41) is 0. The summed E-state index contributed by atoms with van der Waals surface area (Å²) in [4.78, 5) is 2.42. The van der Waals surface area contributed by atoms with E-state index in [2.05, 4.69) is 4.90 Å². The van der Waals surface area contributed by atoms with E-state index in [-0.39, 0.29) is 10.8 Å². The van der Waals surface area contributed by atoms with Crippen molar-refractivity contribution in [2.45, 2.75) is 43.5 Å². The third-order valence-corrected chi connectivity index (χ3v) is 6.57. The highest BCUT2D eigenvalue weighted by Crippen LogP contribution is 2.32. The predicted molar refractivity (Wildman–Crippen MR) is 83.2 cm³/mol. The van der Waals surface area contributed by atoms with Crippen molar-refractivity contribution in [3.63, 3.8) is 0 Å². The zero-order valence-electron chi connectivity index (χ0n) is 13.0. The predicted octanol–water partition coefficient (Wildman–Crippen LogP) is 2.35. The number of sulfonamides is 1. The highest BCUT2D eigenvalue weighted by atomic mass is 35.5. The van der Waals surface area contributed by atoms with Gasteiger partial charge in [-0.1, -0.05) is 0 Å². The normalized spacial score (nSPS) is 18.6. The molecule has 7 heteroatoms. The van der Waals surface area contributed by atoms with Gasteiger partial charge in [-0.3, -0.25) is 0 Å². The number of halogens is 1. The molecule has 1 saturated heterocycles. The van der Waals surface area contributed by atoms with Crippen molar-refractivity contribution in [3.05, 3.63) is 17.1 Å². The maximum atomic E-state index is 12.9. The van der Waals surface area contributed by atoms with Crippen molar-refractivity contribution in [1.82, 2.24) is 9.21 Å². The Hall–Kier alpha value is -0.560. The lowest BCUT2D eigenvalue weighted by molar-refractivity contribution is 0.196. The molecule has 0 radical (unpaired) electrons. The lowest BCUT2D eigenvalue weighted by Gasteiger charge is -2.34. The van der Waals surface area contributed by atoms with Gasteiger partial charge in [0.05, 0.1) is 5.88 Å². The van der Waals surface area contributed by atoms with Crippen LogP contribution in [0.4, 0.5) is 0 Å². The van der Waals surface area contributed by atoms with Crippen LogP contribution in [0, 0.1) is 13.8 Å². The number of aryl methyl sites for hydroxylation is 2. The average molecular weight is 335 g/mol. The first kappa shape index (κ1) is 16.8. The van der Waals surface area contributed by atoms with Gasteiger partial charge in [0.2, 0.25) is 10.0 Å². The quantitative estimate of drug-likeness (QED) is 0.793. The molecular weight excluding hydrogens is 312 g/mol. The molecule has 0 unspecified atom stereocenters. The zero-order valence-corrected chi connectivity index (χ0v) is 14.6. The molecule has 0 N–H and O–H groups in total. The Morgan fingerprint density at radius 1 is 1.24 bits per heavy atom. The first-order chi connectivity index (χ1) is 9.78. The van der Waals surface area contributed by atoms with Gasteiger partial charge in [-0.15, -0.1) is 11.6 Å². The highest BCUT2D eigenvalue weighted by Gasteiger charge is 2.34. The monoisotopic (exact) mass is 334 g/mol. The molecule has 0 aliphatic carbocycles. The molecule has 21 heavy (non-hydrogen) atoms. The first-order valence-electron chi connectivity index (χ1n) is 7.10. The molecule has 2 heterocycles. The zero-order chi connectivity index (χ0) is 15.8. The molecule has 0 aromatic carbocycles. The number of piperidine rings is 1. The first-order valence-corrected chi connectivity index (χ1v) is 9.08. The number of nitrogens with zero attached hydrogens (tertiary/aromatic N) is 2. The molecule has 1 aliphatic rings. The van der Waals surface area contributed by atoms with E-state index in [1.807, 2.05) is 14.1 Å². The van der Waals surface area contributed by atoms with Gasteiger partial charge in [0, 0.05) is 24.7 Å². The summed E-state index contributed by atoms with van der Waals surface area (Å²) in [7, 11) is 0.536. The third kappa shape index (κ3) is 3.13. The number of hydrogen-bond donors (Lipinski definition) is 0. The van der Waals surface area contributed by atoms with Crippen molar-refractivity contribution in [3.8, 4) is 0 Å². The molecule has 1 fully saturated rings. The Labute approximate surface area is 131 Å². The molecule has 0 spiro atoms. The molecule has 1 aromatic heterocycles. The fourth-order valence-electron chi connectivity index (χ4n) is 2.93. The van der Waals surface area contributed by atoms with Crippen molar-refractivity contribution >= 4 is 21.6 Å². The number of rotatable bonds is 4. The summed E-state index contributed by atoms with van der Waals surface area (Å²) in [6.45, 7) is 4.51. The molecule has 0 saturated carbocycles. The fourth-order valence-corrected chi connectivity index (χ4v) is 5.21. The molecule has 120 valence electrons. The van der Waals surface area contributed by atoms with Gasteiger partial charge >= 0.3 is 0 Å². The van der Waals surface area contributed by atoms with Gasteiger partial charge in [0.1, 0.15) is 16.4 Å². The molecule has 1 aliphatic heterocycles. The van der Waals surface area contributed by atoms with Crippen LogP contribution in [-0.4, -0.2) is 50.8 Å². The second-order valence-electron chi connectivity index (χ2n) is 5.75. The topological polar surface area (TPSA) is 53.8 Å². The van der Waals surface area contributed by atoms with Crippen LogP contribution in [0.3, 0.4) is 0 Å². The second kappa shape index (κ2) is 6.28. The van der Waals surface area contributed by atoms with Gasteiger partial charge in [0.25, 0.3) is 0 Å². The Kier molecular flexibility index (Phi) is 5.03. The van der Waals surface area contributed by atoms with E-state index in [1.165, 1.54) is 0 Å². The van der Waals surface area contributed by atoms with Crippen molar-refractivity contribution in [2.24, 2.45) is 0 Å². The van der Waals surface area contributed by atoms with E-state index < -0.39 is 10.0 Å². The van der Waals surface area contributed by atoms with Gasteiger partial charge in [-0.25, -0.2) is 8.42 Å². The number of furan rings is 1. The smallest absolute Gasteiger partial charge is 0.246 e. The van der Waals surface area contributed by atoms with E-state index >= 15 is 0 Å². The molecular formula is C14H23ClN2O3S. The summed E-state index contributed by atoms with van der Waals surface area (Å²) in [6, 6.07) is 0.441. The summed E-state index contributed by atoms with van der Waals surface area (Å²) < 4.78 is 32.8. The van der Waals surface area contributed by atoms with Crippen molar-refractivity contribution < 1.29 is 12.8 Å². The Balaban J connectivity index is 2.28. The van der Waals surface area contributed by atoms with Gasteiger partial charge in [0.15, 0.2) is 0 Å². The lowest BCUT2D eigenvalue weighted by atomic mass is 10.1. The molecule has 0 amide bonds. The fraction of sp³-hybridized carbons (Fsp3) is 0.714. The molecule has 1 aromatic rings. The van der Waals surface area contributed by atoms with Crippen LogP contribution < -0.4 is 0 Å². The van der Waals surface area contributed by atoms with E-state index in [4.69, 9.17) is 16.0 Å². The molecule has 5 nitrogen and oxygen atoms in total. The average Bonchev–Trinajstić information content (AvgIpc) is 2.73. The van der Waals surface area contributed by atoms with Gasteiger partial charge in [-0.2, -0.15) is 4.31 Å². The minimum Gasteiger partial charge on any atom is -0.465 e. The van der Waals surface area contributed by atoms with Crippen LogP contribution in [0.2, 0.25) is 0 Å². The Morgan fingerprint density at radius 2 is 1.81 bits per heavy atom. The SMILES string of the molecule is Cc1oc(C)c(S(=O)(=O)N2CCC(N(C)C)CC2)c1CCl. The summed E-state index contributed by atoms with van der Waals surface area (Å²) in [5.41, 5.74) is 0.587. The van der Waals surface area contributed by atoms with Crippen molar-refractivity contribution in [1.29, 1.82) is 0 Å². The Bertz CT molecular complexity index is 602. The summed E-state index contributed by atoms with van der Waals surface area (Å²) in [5.74, 6) is 1.16. The second-order valence-corrected chi connectivity index (χ2v) is 7.90. The van der Waals surface area contributed by atoms with Gasteiger partial charge in [-0.05, 0) is 40.8 Å². The number of alkyl halides is 1. The van der Waals surface area contributed by atoms with Crippen LogP contribution in [0.1, 0.15) is 29.9 Å². The summed E-state index contributed by atoms with van der Waals surface area (Å²) in [6.07, 6.45) is 1.69. The number of hydrogen-bond acceptors (Lipinski definition) is 4. The van der Waals surface area contributed by atoms with Crippen LogP contribution in [-0.2, 0) is 15.9 Å². The van der Waals surface area contributed by atoms with E-state index in [9.17, 15) is 8.42 Å². The van der Waals surface area contributed by atoms with Crippen LogP contribution >= 0.6 is 11.6 Å². The minimum atomic E-state index is -3.53. The summed E-state index contributed by atoms with van der Waals surface area (Å²) >= 11 is 5.91. The van der Waals surface area contributed by atoms with Gasteiger partial charge < -0.3 is 9.32 Å².